The predicted octanol–water partition coefficient (Wildman–Crippen LogP) is 4.73. The number of benzene rings is 1. The van der Waals surface area contributed by atoms with Gasteiger partial charge in [0.05, 0.1) is 27.4 Å². The number of terminal acetylenes is 1. The first-order valence-corrected chi connectivity index (χ1v) is 12.4. The van der Waals surface area contributed by atoms with Crippen LogP contribution in [-0.2, 0) is 6.18 Å². The third-order valence-corrected chi connectivity index (χ3v) is 5.66. The van der Waals surface area contributed by atoms with Crippen molar-refractivity contribution in [2.45, 2.75) is 33.4 Å². The van der Waals surface area contributed by atoms with Crippen LogP contribution in [-0.4, -0.2) is 33.1 Å². The minimum Gasteiger partial charge on any atom is -0.352 e. The van der Waals surface area contributed by atoms with Gasteiger partial charge < -0.3 is 10.6 Å². The molecule has 8 nitrogen and oxygen atoms in total. The van der Waals surface area contributed by atoms with Gasteiger partial charge in [0, 0.05) is 25.7 Å². The van der Waals surface area contributed by atoms with Gasteiger partial charge in [-0.25, -0.2) is 9.67 Å². The Bertz CT molecular complexity index is 1620. The number of hydrogen-bond acceptors (Lipinski definition) is 5. The normalized spacial score (nSPS) is 11.7. The lowest BCUT2D eigenvalue weighted by molar-refractivity contribution is -0.141. The highest BCUT2D eigenvalue weighted by Gasteiger charge is 2.37. The Labute approximate surface area is 238 Å². The van der Waals surface area contributed by atoms with E-state index in [2.05, 4.69) is 26.6 Å². The average molecular weight is 591 g/mol. The van der Waals surface area contributed by atoms with Crippen LogP contribution in [0.25, 0.3) is 18.0 Å². The van der Waals surface area contributed by atoms with E-state index in [9.17, 15) is 22.8 Å². The van der Waals surface area contributed by atoms with Gasteiger partial charge in [-0.05, 0) is 48.1 Å². The number of nitrogens with one attached hydrogen (secondary N) is 2. The number of anilines is 1. The van der Waals surface area contributed by atoms with E-state index in [0.29, 0.717) is 27.6 Å². The van der Waals surface area contributed by atoms with Gasteiger partial charge in [-0.15, -0.1) is 6.42 Å². The lowest BCUT2D eigenvalue weighted by atomic mass is 10.1. The van der Waals surface area contributed by atoms with Gasteiger partial charge in [-0.2, -0.15) is 23.5 Å². The molecule has 0 spiro atoms. The maximum Gasteiger partial charge on any atom is 0.435 e. The zero-order valence-corrected chi connectivity index (χ0v) is 23.0. The zero-order chi connectivity index (χ0) is 30.0. The van der Waals surface area contributed by atoms with E-state index in [0.717, 1.165) is 0 Å². The van der Waals surface area contributed by atoms with Gasteiger partial charge in [0.1, 0.15) is 5.69 Å². The van der Waals surface area contributed by atoms with E-state index in [4.69, 9.17) is 34.9 Å². The van der Waals surface area contributed by atoms with Crippen LogP contribution in [0, 0.1) is 23.7 Å². The molecule has 1 aromatic carbocycles. The lowest BCUT2D eigenvalue weighted by Gasteiger charge is -2.15. The summed E-state index contributed by atoms with van der Waals surface area (Å²) in [6, 6.07) is 6.61. The molecule has 0 fully saturated rings. The summed E-state index contributed by atoms with van der Waals surface area (Å²) in [7, 11) is 0. The molecule has 3 rings (SSSR count). The molecular weight excluding hydrogens is 568 g/mol. The monoisotopic (exact) mass is 590 g/mol. The second kappa shape index (κ2) is 14.2. The number of amides is 2. The smallest absolute Gasteiger partial charge is 0.352 e. The molecule has 13 heteroatoms. The predicted molar refractivity (Wildman–Crippen MR) is 147 cm³/mol. The van der Waals surface area contributed by atoms with Crippen molar-refractivity contribution < 1.29 is 22.8 Å². The molecule has 208 valence electrons. The minimum atomic E-state index is -4.86. The van der Waals surface area contributed by atoms with Crippen molar-refractivity contribution >= 4 is 52.9 Å². The van der Waals surface area contributed by atoms with Crippen LogP contribution in [0.2, 0.25) is 10.0 Å². The third kappa shape index (κ3) is 7.41. The highest BCUT2D eigenvalue weighted by molar-refractivity contribution is 6.35. The number of halogens is 5. The quantitative estimate of drug-likeness (QED) is 0.403. The van der Waals surface area contributed by atoms with Crippen LogP contribution >= 0.6 is 23.2 Å². The molecule has 0 radical (unpaired) electrons. The summed E-state index contributed by atoms with van der Waals surface area (Å²) in [6.07, 6.45) is 5.54. The van der Waals surface area contributed by atoms with Gasteiger partial charge in [0.2, 0.25) is 0 Å². The van der Waals surface area contributed by atoms with Crippen molar-refractivity contribution in [2.75, 3.05) is 11.9 Å². The lowest BCUT2D eigenvalue weighted by Crippen LogP contribution is -2.33. The molecule has 2 aromatic heterocycles. The van der Waals surface area contributed by atoms with Crippen molar-refractivity contribution in [1.29, 1.82) is 5.26 Å². The topological polar surface area (TPSA) is 113 Å². The molecule has 0 aliphatic carbocycles. The number of nitriles is 1. The Kier molecular flexibility index (Phi) is 11.3. The standard InChI is InChI=1S/C25H20Cl2F3N5O2.C2H3N/c1-4-8-14-12-16(23(36)31-6-3)21(20(27)15(14)9-5-2)33-24(37)18-13-19(25(28,29)30)34-35(18)22-17(26)10-7-11-32-22;1-2-3/h1,7-13H,5-6H2,2-3H3,(H,31,36)(H,33,37);1H3/b14-8-,15-9+;. The maximum absolute atomic E-state index is 13.5. The van der Waals surface area contributed by atoms with E-state index in [-0.39, 0.29) is 33.7 Å². The molecule has 2 N–H and O–H groups in total. The van der Waals surface area contributed by atoms with Crippen molar-refractivity contribution in [2.24, 2.45) is 0 Å². The SMILES string of the molecule is C#C/C=c1/cc(C(=O)NCC)c(NC(=O)c2cc(C(F)(F)F)nn2-c2ncccc2Cl)c(Cl)/c1=C/CC.CC#N. The number of pyridine rings is 1. The summed E-state index contributed by atoms with van der Waals surface area (Å²) in [5, 5.41) is 16.8. The number of nitrogens with zero attached hydrogens (tertiary/aromatic N) is 4. The molecule has 0 saturated heterocycles. The molecule has 0 saturated carbocycles. The van der Waals surface area contributed by atoms with E-state index < -0.39 is 29.4 Å². The molecule has 2 amide bonds. The van der Waals surface area contributed by atoms with E-state index >= 15 is 0 Å². The third-order valence-electron chi connectivity index (χ3n) is 4.98. The summed E-state index contributed by atoms with van der Waals surface area (Å²) in [5.41, 5.74) is -2.02. The number of carbonyl (C=O) groups excluding carboxylic acids is 2. The summed E-state index contributed by atoms with van der Waals surface area (Å²) >= 11 is 12.7. The molecule has 3 aromatic rings. The number of carbonyl (C=O) groups is 2. The number of hydrogen-bond donors (Lipinski definition) is 2. The molecular formula is C27H23Cl2F3N6O2. The Morgan fingerprint density at radius 2 is 1.90 bits per heavy atom. The minimum absolute atomic E-state index is 0.0153. The summed E-state index contributed by atoms with van der Waals surface area (Å²) in [4.78, 5) is 30.2. The van der Waals surface area contributed by atoms with Crippen molar-refractivity contribution in [3.63, 3.8) is 0 Å². The van der Waals surface area contributed by atoms with Gasteiger partial charge in [-0.3, -0.25) is 9.59 Å². The number of aromatic nitrogens is 3. The Morgan fingerprint density at radius 1 is 1.23 bits per heavy atom. The summed E-state index contributed by atoms with van der Waals surface area (Å²) in [6.45, 7) is 5.24. The highest BCUT2D eigenvalue weighted by Crippen LogP contribution is 2.31. The first kappa shape index (κ1) is 31.9. The number of alkyl halides is 3. The van der Waals surface area contributed by atoms with Crippen molar-refractivity contribution in [1.82, 2.24) is 20.1 Å². The second-order valence-electron chi connectivity index (χ2n) is 7.71. The van der Waals surface area contributed by atoms with E-state index in [1.807, 2.05) is 6.92 Å². The molecule has 0 aliphatic rings. The molecule has 0 bridgehead atoms. The molecule has 0 aliphatic heterocycles. The first-order valence-electron chi connectivity index (χ1n) is 11.6. The fourth-order valence-corrected chi connectivity index (χ4v) is 3.95. The molecule has 40 heavy (non-hydrogen) atoms. The van der Waals surface area contributed by atoms with Gasteiger partial charge in [0.25, 0.3) is 11.8 Å². The maximum atomic E-state index is 13.5. The Morgan fingerprint density at radius 3 is 2.45 bits per heavy atom. The van der Waals surface area contributed by atoms with Gasteiger partial charge >= 0.3 is 6.18 Å². The van der Waals surface area contributed by atoms with E-state index in [1.165, 1.54) is 37.4 Å². The van der Waals surface area contributed by atoms with Gasteiger partial charge in [0.15, 0.2) is 11.5 Å². The van der Waals surface area contributed by atoms with Crippen LogP contribution in [0.4, 0.5) is 18.9 Å². The fourth-order valence-electron chi connectivity index (χ4n) is 3.42. The largest absolute Gasteiger partial charge is 0.435 e. The molecule has 0 unspecified atom stereocenters. The van der Waals surface area contributed by atoms with Crippen LogP contribution < -0.4 is 21.1 Å². The summed E-state index contributed by atoms with van der Waals surface area (Å²) < 4.78 is 41.2. The van der Waals surface area contributed by atoms with Crippen LogP contribution in [0.3, 0.4) is 0 Å². The van der Waals surface area contributed by atoms with Crippen molar-refractivity contribution in [3.8, 4) is 24.2 Å². The Balaban J connectivity index is 0.00000178. The van der Waals surface area contributed by atoms with Crippen LogP contribution in [0.15, 0.2) is 30.5 Å². The van der Waals surface area contributed by atoms with Crippen molar-refractivity contribution in [3.05, 3.63) is 67.9 Å². The number of rotatable bonds is 6. The zero-order valence-electron chi connectivity index (χ0n) is 21.5. The van der Waals surface area contributed by atoms with Gasteiger partial charge in [-0.1, -0.05) is 42.1 Å². The van der Waals surface area contributed by atoms with E-state index in [1.54, 1.807) is 19.1 Å². The summed E-state index contributed by atoms with van der Waals surface area (Å²) in [5.74, 6) is 0.575. The molecule has 0 atom stereocenters. The van der Waals surface area contributed by atoms with Crippen LogP contribution in [0.1, 0.15) is 53.7 Å². The fraction of sp³-hybridized carbons (Fsp3) is 0.222. The Hall–Kier alpha value is -4.32. The van der Waals surface area contributed by atoms with Crippen LogP contribution in [0.5, 0.6) is 0 Å². The average Bonchev–Trinajstić information content (AvgIpc) is 3.35. The highest BCUT2D eigenvalue weighted by atomic mass is 35.5. The first-order chi connectivity index (χ1) is 18.9. The second-order valence-corrected chi connectivity index (χ2v) is 8.49. The molecule has 2 heterocycles.